The van der Waals surface area contributed by atoms with Gasteiger partial charge in [0.1, 0.15) is 11.5 Å². The zero-order valence-electron chi connectivity index (χ0n) is 17.2. The van der Waals surface area contributed by atoms with Gasteiger partial charge in [0.2, 0.25) is 11.9 Å². The second kappa shape index (κ2) is 7.51. The van der Waals surface area contributed by atoms with E-state index in [2.05, 4.69) is 38.1 Å². The molecule has 3 aromatic rings. The van der Waals surface area contributed by atoms with Crippen molar-refractivity contribution in [3.8, 4) is 0 Å². The molecule has 1 aliphatic heterocycles. The van der Waals surface area contributed by atoms with E-state index in [0.717, 1.165) is 48.6 Å². The molecule has 1 saturated carbocycles. The van der Waals surface area contributed by atoms with Crippen LogP contribution in [0.1, 0.15) is 32.2 Å². The van der Waals surface area contributed by atoms with Crippen molar-refractivity contribution in [2.45, 2.75) is 32.2 Å². The number of carbonyl (C=O) groups excluding carboxylic acids is 1. The molecule has 0 unspecified atom stereocenters. The van der Waals surface area contributed by atoms with Crippen LogP contribution in [0.4, 0.5) is 23.1 Å². The van der Waals surface area contributed by atoms with E-state index >= 15 is 0 Å². The van der Waals surface area contributed by atoms with E-state index in [9.17, 15) is 4.79 Å². The van der Waals surface area contributed by atoms with Crippen LogP contribution in [-0.2, 0) is 4.79 Å². The standard InChI is InChI=1S/C22H27N7O/c1-15(30)27-10-12-28(13-11-27)18-7-2-4-16(14-18)24-22-25-20(23)19-8-9-29(21(19)26-22)17-5-3-6-17/h2,4,7-9,14,17H,3,5-6,10-13H2,1H3,(H3,23,24,25,26). The van der Waals surface area contributed by atoms with E-state index in [-0.39, 0.29) is 5.91 Å². The zero-order chi connectivity index (χ0) is 20.7. The van der Waals surface area contributed by atoms with E-state index < -0.39 is 0 Å². The van der Waals surface area contributed by atoms with Crippen LogP contribution in [0.25, 0.3) is 11.0 Å². The number of benzene rings is 1. The smallest absolute Gasteiger partial charge is 0.231 e. The highest BCUT2D eigenvalue weighted by Gasteiger charge is 2.22. The van der Waals surface area contributed by atoms with Crippen LogP contribution >= 0.6 is 0 Å². The number of nitrogens with zero attached hydrogens (tertiary/aromatic N) is 5. The van der Waals surface area contributed by atoms with Gasteiger partial charge in [0.15, 0.2) is 0 Å². The molecule has 2 fully saturated rings. The van der Waals surface area contributed by atoms with Crippen LogP contribution in [-0.4, -0.2) is 51.5 Å². The average molecular weight is 406 g/mol. The Labute approximate surface area is 175 Å². The highest BCUT2D eigenvalue weighted by atomic mass is 16.2. The Balaban J connectivity index is 1.36. The van der Waals surface area contributed by atoms with Gasteiger partial charge >= 0.3 is 0 Å². The van der Waals surface area contributed by atoms with Gasteiger partial charge in [-0.2, -0.15) is 9.97 Å². The minimum absolute atomic E-state index is 0.141. The lowest BCUT2D eigenvalue weighted by molar-refractivity contribution is -0.129. The van der Waals surface area contributed by atoms with E-state index in [1.165, 1.54) is 19.3 Å². The highest BCUT2D eigenvalue weighted by molar-refractivity contribution is 5.88. The molecule has 2 aromatic heterocycles. The highest BCUT2D eigenvalue weighted by Crippen LogP contribution is 2.35. The fourth-order valence-corrected chi connectivity index (χ4v) is 4.26. The topological polar surface area (TPSA) is 92.3 Å². The van der Waals surface area contributed by atoms with Gasteiger partial charge in [-0.15, -0.1) is 0 Å². The molecule has 0 spiro atoms. The molecular weight excluding hydrogens is 378 g/mol. The molecule has 3 N–H and O–H groups in total. The molecule has 1 aliphatic carbocycles. The molecule has 1 amide bonds. The molecule has 30 heavy (non-hydrogen) atoms. The third-order valence-electron chi connectivity index (χ3n) is 6.26. The summed E-state index contributed by atoms with van der Waals surface area (Å²) in [5.41, 5.74) is 9.16. The summed E-state index contributed by atoms with van der Waals surface area (Å²) in [7, 11) is 0. The van der Waals surface area contributed by atoms with E-state index in [1.807, 2.05) is 23.1 Å². The second-order valence-electron chi connectivity index (χ2n) is 8.15. The lowest BCUT2D eigenvalue weighted by atomic mass is 9.93. The maximum Gasteiger partial charge on any atom is 0.231 e. The Morgan fingerprint density at radius 2 is 1.93 bits per heavy atom. The number of carbonyl (C=O) groups is 1. The van der Waals surface area contributed by atoms with Crippen molar-refractivity contribution in [1.29, 1.82) is 0 Å². The van der Waals surface area contributed by atoms with Crippen LogP contribution in [0, 0.1) is 0 Å². The van der Waals surface area contributed by atoms with Gasteiger partial charge in [-0.25, -0.2) is 0 Å². The van der Waals surface area contributed by atoms with Gasteiger partial charge < -0.3 is 25.4 Å². The second-order valence-corrected chi connectivity index (χ2v) is 8.15. The van der Waals surface area contributed by atoms with E-state index in [0.29, 0.717) is 17.8 Å². The number of aromatic nitrogens is 3. The lowest BCUT2D eigenvalue weighted by Crippen LogP contribution is -2.48. The summed E-state index contributed by atoms with van der Waals surface area (Å²) in [5, 5.41) is 4.24. The maximum atomic E-state index is 11.6. The number of nitrogens with one attached hydrogen (secondary N) is 1. The first kappa shape index (κ1) is 18.7. The molecule has 1 saturated heterocycles. The van der Waals surface area contributed by atoms with Crippen molar-refractivity contribution in [3.05, 3.63) is 36.5 Å². The van der Waals surface area contributed by atoms with Crippen molar-refractivity contribution < 1.29 is 4.79 Å². The lowest BCUT2D eigenvalue weighted by Gasteiger charge is -2.35. The fraction of sp³-hybridized carbons (Fsp3) is 0.409. The summed E-state index contributed by atoms with van der Waals surface area (Å²) in [4.78, 5) is 25.0. The Morgan fingerprint density at radius 1 is 1.13 bits per heavy atom. The number of rotatable bonds is 4. The van der Waals surface area contributed by atoms with Crippen LogP contribution in [0.15, 0.2) is 36.5 Å². The van der Waals surface area contributed by atoms with Crippen LogP contribution in [0.5, 0.6) is 0 Å². The predicted molar refractivity (Wildman–Crippen MR) is 119 cm³/mol. The maximum absolute atomic E-state index is 11.6. The molecule has 3 heterocycles. The monoisotopic (exact) mass is 405 g/mol. The first-order chi connectivity index (χ1) is 14.6. The molecule has 8 nitrogen and oxygen atoms in total. The third-order valence-corrected chi connectivity index (χ3v) is 6.26. The molecule has 156 valence electrons. The Bertz CT molecular complexity index is 1080. The van der Waals surface area contributed by atoms with Crippen molar-refractivity contribution >= 4 is 40.1 Å². The summed E-state index contributed by atoms with van der Waals surface area (Å²) in [6.07, 6.45) is 5.72. The first-order valence-electron chi connectivity index (χ1n) is 10.6. The molecular formula is C22H27N7O. The Morgan fingerprint density at radius 3 is 2.63 bits per heavy atom. The normalized spacial score (nSPS) is 17.2. The molecule has 0 bridgehead atoms. The minimum atomic E-state index is 0.141. The van der Waals surface area contributed by atoms with Gasteiger partial charge in [0.25, 0.3) is 0 Å². The number of piperazine rings is 1. The van der Waals surface area contributed by atoms with Gasteiger partial charge in [0.05, 0.1) is 5.39 Å². The van der Waals surface area contributed by atoms with E-state index in [4.69, 9.17) is 10.7 Å². The fourth-order valence-electron chi connectivity index (χ4n) is 4.26. The van der Waals surface area contributed by atoms with Crippen molar-refractivity contribution in [2.75, 3.05) is 42.1 Å². The number of hydrogen-bond acceptors (Lipinski definition) is 6. The van der Waals surface area contributed by atoms with Gasteiger partial charge in [-0.05, 0) is 43.5 Å². The van der Waals surface area contributed by atoms with Crippen LogP contribution in [0.3, 0.4) is 0 Å². The number of nitrogens with two attached hydrogens (primary N) is 1. The Hall–Kier alpha value is -3.29. The van der Waals surface area contributed by atoms with Gasteiger partial charge in [0, 0.05) is 56.7 Å². The summed E-state index contributed by atoms with van der Waals surface area (Å²) >= 11 is 0. The number of nitrogen functional groups attached to an aromatic ring is 1. The van der Waals surface area contributed by atoms with Crippen molar-refractivity contribution in [2.24, 2.45) is 0 Å². The quantitative estimate of drug-likeness (QED) is 0.693. The van der Waals surface area contributed by atoms with Gasteiger partial charge in [-0.1, -0.05) is 6.07 Å². The Kier molecular flexibility index (Phi) is 4.69. The summed E-state index contributed by atoms with van der Waals surface area (Å²) in [6, 6.07) is 10.7. The number of anilines is 4. The number of amides is 1. The van der Waals surface area contributed by atoms with Crippen molar-refractivity contribution in [1.82, 2.24) is 19.4 Å². The molecule has 5 rings (SSSR count). The zero-order valence-corrected chi connectivity index (χ0v) is 17.2. The molecule has 1 aromatic carbocycles. The first-order valence-corrected chi connectivity index (χ1v) is 10.6. The van der Waals surface area contributed by atoms with E-state index in [1.54, 1.807) is 6.92 Å². The third kappa shape index (κ3) is 3.42. The molecule has 0 atom stereocenters. The number of fused-ring (bicyclic) bond motifs is 1. The van der Waals surface area contributed by atoms with Crippen molar-refractivity contribution in [3.63, 3.8) is 0 Å². The summed E-state index contributed by atoms with van der Waals surface area (Å²) in [6.45, 7) is 4.79. The molecule has 8 heteroatoms. The predicted octanol–water partition coefficient (Wildman–Crippen LogP) is 3.15. The SMILES string of the molecule is CC(=O)N1CCN(c2cccc(Nc3nc(N)c4ccn(C5CCC5)c4n3)c2)CC1. The summed E-state index contributed by atoms with van der Waals surface area (Å²) < 4.78 is 2.23. The van der Waals surface area contributed by atoms with Crippen LogP contribution in [0.2, 0.25) is 0 Å². The largest absolute Gasteiger partial charge is 0.383 e. The summed E-state index contributed by atoms with van der Waals surface area (Å²) in [5.74, 6) is 1.15. The minimum Gasteiger partial charge on any atom is -0.383 e. The van der Waals surface area contributed by atoms with Crippen LogP contribution < -0.4 is 16.0 Å². The number of hydrogen-bond donors (Lipinski definition) is 2. The average Bonchev–Trinajstić information content (AvgIpc) is 3.11. The molecule has 0 radical (unpaired) electrons. The van der Waals surface area contributed by atoms with Gasteiger partial charge in [-0.3, -0.25) is 4.79 Å². The molecule has 2 aliphatic rings.